The first-order valence-corrected chi connectivity index (χ1v) is 7.26. The van der Waals surface area contributed by atoms with Gasteiger partial charge in [-0.15, -0.1) is 0 Å². The van der Waals surface area contributed by atoms with E-state index in [1.54, 1.807) is 4.90 Å². The Balaban J connectivity index is 2.14. The number of benzene rings is 2. The SMILES string of the molecule is Cc1ccc(N2C(=O)CN(C)c3cc(Br)ccc32)cc1. The van der Waals surface area contributed by atoms with Crippen LogP contribution in [0.5, 0.6) is 0 Å². The van der Waals surface area contributed by atoms with Crippen LogP contribution in [0.25, 0.3) is 0 Å². The van der Waals surface area contributed by atoms with Crippen LogP contribution >= 0.6 is 15.9 Å². The second kappa shape index (κ2) is 4.94. The van der Waals surface area contributed by atoms with E-state index in [-0.39, 0.29) is 5.91 Å². The molecule has 1 heterocycles. The molecule has 0 N–H and O–H groups in total. The molecule has 0 radical (unpaired) electrons. The summed E-state index contributed by atoms with van der Waals surface area (Å²) < 4.78 is 1.02. The number of amides is 1. The van der Waals surface area contributed by atoms with Crippen molar-refractivity contribution in [2.75, 3.05) is 23.4 Å². The highest BCUT2D eigenvalue weighted by molar-refractivity contribution is 9.10. The van der Waals surface area contributed by atoms with Crippen LogP contribution < -0.4 is 9.80 Å². The molecule has 3 nitrogen and oxygen atoms in total. The standard InChI is InChI=1S/C16H15BrN2O/c1-11-3-6-13(7-4-11)19-14-8-5-12(17)9-15(14)18(2)10-16(19)20/h3-9H,10H2,1-2H3. The van der Waals surface area contributed by atoms with Crippen molar-refractivity contribution >= 4 is 38.9 Å². The van der Waals surface area contributed by atoms with Crippen molar-refractivity contribution in [2.45, 2.75) is 6.92 Å². The van der Waals surface area contributed by atoms with E-state index in [2.05, 4.69) is 15.9 Å². The van der Waals surface area contributed by atoms with Crippen molar-refractivity contribution in [1.29, 1.82) is 0 Å². The Morgan fingerprint density at radius 1 is 1.05 bits per heavy atom. The zero-order valence-corrected chi connectivity index (χ0v) is 13.0. The van der Waals surface area contributed by atoms with E-state index in [1.807, 2.05) is 61.3 Å². The molecule has 102 valence electrons. The molecule has 1 amide bonds. The number of carbonyl (C=O) groups excluding carboxylic acids is 1. The number of fused-ring (bicyclic) bond motifs is 1. The molecule has 20 heavy (non-hydrogen) atoms. The molecule has 2 aromatic rings. The lowest BCUT2D eigenvalue weighted by molar-refractivity contribution is -0.116. The van der Waals surface area contributed by atoms with Gasteiger partial charge in [0.2, 0.25) is 0 Å². The molecule has 3 rings (SSSR count). The smallest absolute Gasteiger partial charge is 0.251 e. The third-order valence-corrected chi connectivity index (χ3v) is 4.00. The quantitative estimate of drug-likeness (QED) is 0.792. The lowest BCUT2D eigenvalue weighted by Gasteiger charge is -2.35. The van der Waals surface area contributed by atoms with Crippen molar-refractivity contribution in [1.82, 2.24) is 0 Å². The number of anilines is 3. The number of halogens is 1. The number of hydrogen-bond acceptors (Lipinski definition) is 2. The lowest BCUT2D eigenvalue weighted by Crippen LogP contribution is -2.41. The maximum Gasteiger partial charge on any atom is 0.251 e. The van der Waals surface area contributed by atoms with Crippen LogP contribution in [0.1, 0.15) is 5.56 Å². The van der Waals surface area contributed by atoms with Gasteiger partial charge in [-0.05, 0) is 37.3 Å². The van der Waals surface area contributed by atoms with Crippen LogP contribution in [0, 0.1) is 6.92 Å². The minimum atomic E-state index is 0.0891. The predicted octanol–water partition coefficient (Wildman–Crippen LogP) is 3.87. The highest BCUT2D eigenvalue weighted by Crippen LogP contribution is 2.39. The Morgan fingerprint density at radius 3 is 2.45 bits per heavy atom. The van der Waals surface area contributed by atoms with Crippen LogP contribution in [0.4, 0.5) is 17.1 Å². The maximum absolute atomic E-state index is 12.4. The fourth-order valence-corrected chi connectivity index (χ4v) is 2.81. The van der Waals surface area contributed by atoms with Crippen LogP contribution in [-0.4, -0.2) is 19.5 Å². The topological polar surface area (TPSA) is 23.6 Å². The van der Waals surface area contributed by atoms with Gasteiger partial charge in [-0.3, -0.25) is 9.69 Å². The second-order valence-electron chi connectivity index (χ2n) is 5.05. The second-order valence-corrected chi connectivity index (χ2v) is 5.97. The summed E-state index contributed by atoms with van der Waals surface area (Å²) in [6.45, 7) is 2.43. The Kier molecular flexibility index (Phi) is 3.26. The van der Waals surface area contributed by atoms with Gasteiger partial charge in [0, 0.05) is 17.2 Å². The first kappa shape index (κ1) is 13.2. The van der Waals surface area contributed by atoms with E-state index in [0.29, 0.717) is 6.54 Å². The summed E-state index contributed by atoms with van der Waals surface area (Å²) in [5, 5.41) is 0. The van der Waals surface area contributed by atoms with Crippen molar-refractivity contribution in [3.63, 3.8) is 0 Å². The number of nitrogens with zero attached hydrogens (tertiary/aromatic N) is 2. The number of hydrogen-bond donors (Lipinski definition) is 0. The fourth-order valence-electron chi connectivity index (χ4n) is 2.46. The first-order chi connectivity index (χ1) is 9.56. The normalized spacial score (nSPS) is 14.4. The van der Waals surface area contributed by atoms with Crippen LogP contribution in [-0.2, 0) is 4.79 Å². The fraction of sp³-hybridized carbons (Fsp3) is 0.188. The molecule has 0 unspecified atom stereocenters. The Labute approximate surface area is 126 Å². The van der Waals surface area contributed by atoms with E-state index in [4.69, 9.17) is 0 Å². The Morgan fingerprint density at radius 2 is 1.75 bits per heavy atom. The lowest BCUT2D eigenvalue weighted by atomic mass is 10.1. The van der Waals surface area contributed by atoms with Crippen LogP contribution in [0.2, 0.25) is 0 Å². The molecule has 0 aliphatic carbocycles. The molecular formula is C16H15BrN2O. The number of rotatable bonds is 1. The molecule has 1 aliphatic heterocycles. The third kappa shape index (κ3) is 2.20. The Bertz CT molecular complexity index is 667. The zero-order valence-electron chi connectivity index (χ0n) is 11.4. The van der Waals surface area contributed by atoms with Crippen molar-refractivity contribution in [3.05, 3.63) is 52.5 Å². The monoisotopic (exact) mass is 330 g/mol. The summed E-state index contributed by atoms with van der Waals surface area (Å²) in [6, 6.07) is 14.0. The summed E-state index contributed by atoms with van der Waals surface area (Å²) >= 11 is 3.49. The molecule has 4 heteroatoms. The number of carbonyl (C=O) groups is 1. The van der Waals surface area contributed by atoms with Gasteiger partial charge in [-0.1, -0.05) is 33.6 Å². The van der Waals surface area contributed by atoms with Gasteiger partial charge in [-0.25, -0.2) is 0 Å². The molecule has 0 saturated heterocycles. The average Bonchev–Trinajstić information content (AvgIpc) is 2.41. The molecule has 0 bridgehead atoms. The summed E-state index contributed by atoms with van der Waals surface area (Å²) in [5.74, 6) is 0.0891. The van der Waals surface area contributed by atoms with E-state index < -0.39 is 0 Å². The van der Waals surface area contributed by atoms with Gasteiger partial charge in [0.15, 0.2) is 0 Å². The minimum absolute atomic E-state index is 0.0891. The molecule has 1 aliphatic rings. The first-order valence-electron chi connectivity index (χ1n) is 6.46. The van der Waals surface area contributed by atoms with Gasteiger partial charge in [0.1, 0.15) is 0 Å². The van der Waals surface area contributed by atoms with E-state index in [9.17, 15) is 4.79 Å². The van der Waals surface area contributed by atoms with E-state index >= 15 is 0 Å². The zero-order chi connectivity index (χ0) is 14.3. The van der Waals surface area contributed by atoms with E-state index in [1.165, 1.54) is 5.56 Å². The van der Waals surface area contributed by atoms with Gasteiger partial charge in [0.05, 0.1) is 17.9 Å². The number of likely N-dealkylation sites (N-methyl/N-ethyl adjacent to an activating group) is 1. The molecule has 0 saturated carbocycles. The average molecular weight is 331 g/mol. The van der Waals surface area contributed by atoms with E-state index in [0.717, 1.165) is 21.5 Å². The molecule has 0 fully saturated rings. The third-order valence-electron chi connectivity index (χ3n) is 3.50. The molecule has 0 aromatic heterocycles. The van der Waals surface area contributed by atoms with Crippen molar-refractivity contribution < 1.29 is 4.79 Å². The highest BCUT2D eigenvalue weighted by Gasteiger charge is 2.28. The van der Waals surface area contributed by atoms with Crippen molar-refractivity contribution in [3.8, 4) is 0 Å². The minimum Gasteiger partial charge on any atom is -0.364 e. The summed E-state index contributed by atoms with van der Waals surface area (Å²) in [7, 11) is 1.94. The Hall–Kier alpha value is -1.81. The van der Waals surface area contributed by atoms with Crippen LogP contribution in [0.3, 0.4) is 0 Å². The maximum atomic E-state index is 12.4. The van der Waals surface area contributed by atoms with Crippen LogP contribution in [0.15, 0.2) is 46.9 Å². The molecule has 2 aromatic carbocycles. The largest absolute Gasteiger partial charge is 0.364 e. The summed E-state index contributed by atoms with van der Waals surface area (Å²) in [6.07, 6.45) is 0. The van der Waals surface area contributed by atoms with Crippen molar-refractivity contribution in [2.24, 2.45) is 0 Å². The van der Waals surface area contributed by atoms with Gasteiger partial charge in [-0.2, -0.15) is 0 Å². The molecular weight excluding hydrogens is 316 g/mol. The van der Waals surface area contributed by atoms with Gasteiger partial charge < -0.3 is 4.90 Å². The highest BCUT2D eigenvalue weighted by atomic mass is 79.9. The summed E-state index contributed by atoms with van der Waals surface area (Å²) in [4.78, 5) is 16.2. The predicted molar refractivity (Wildman–Crippen MR) is 85.7 cm³/mol. The summed E-state index contributed by atoms with van der Waals surface area (Å²) in [5.41, 5.74) is 4.08. The molecule has 0 spiro atoms. The number of aryl methyl sites for hydroxylation is 1. The van der Waals surface area contributed by atoms with Gasteiger partial charge in [0.25, 0.3) is 5.91 Å². The van der Waals surface area contributed by atoms with Gasteiger partial charge >= 0.3 is 0 Å². The molecule has 0 atom stereocenters.